The monoisotopic (exact) mass is 413 g/mol. The minimum atomic E-state index is -0.512. The van der Waals surface area contributed by atoms with Gasteiger partial charge in [0.15, 0.2) is 5.96 Å². The molecule has 9 heteroatoms. The lowest BCUT2D eigenvalue weighted by Gasteiger charge is -2.34. The summed E-state index contributed by atoms with van der Waals surface area (Å²) in [4.78, 5) is 29.9. The van der Waals surface area contributed by atoms with Crippen LogP contribution in [0.3, 0.4) is 0 Å². The summed E-state index contributed by atoms with van der Waals surface area (Å²) in [5.41, 5.74) is -0.996. The predicted octanol–water partition coefficient (Wildman–Crippen LogP) is 2.32. The summed E-state index contributed by atoms with van der Waals surface area (Å²) in [6.45, 7) is 14.2. The van der Waals surface area contributed by atoms with E-state index < -0.39 is 17.3 Å². The molecule has 0 aromatic carbocycles. The first-order chi connectivity index (χ1) is 13.4. The van der Waals surface area contributed by atoms with Crippen molar-refractivity contribution in [3.8, 4) is 0 Å². The lowest BCUT2D eigenvalue weighted by molar-refractivity contribution is 0.0168. The maximum Gasteiger partial charge on any atom is 0.410 e. The quantitative estimate of drug-likeness (QED) is 0.363. The van der Waals surface area contributed by atoms with Gasteiger partial charge in [-0.3, -0.25) is 4.99 Å². The SMILES string of the molecule is CN=C(NCCNC(=O)OC(C)(C)C)NCC1CCCN(C(=O)OC(C)(C)C)C1. The van der Waals surface area contributed by atoms with Crippen LogP contribution >= 0.6 is 0 Å². The summed E-state index contributed by atoms with van der Waals surface area (Å²) in [7, 11) is 1.70. The van der Waals surface area contributed by atoms with E-state index in [1.165, 1.54) is 0 Å². The van der Waals surface area contributed by atoms with Gasteiger partial charge in [0.25, 0.3) is 0 Å². The van der Waals surface area contributed by atoms with Crippen molar-refractivity contribution >= 4 is 18.1 Å². The van der Waals surface area contributed by atoms with Gasteiger partial charge in [-0.2, -0.15) is 0 Å². The molecule has 29 heavy (non-hydrogen) atoms. The van der Waals surface area contributed by atoms with Gasteiger partial charge in [0.05, 0.1) is 0 Å². The predicted molar refractivity (Wildman–Crippen MR) is 114 cm³/mol. The van der Waals surface area contributed by atoms with E-state index in [4.69, 9.17) is 9.47 Å². The van der Waals surface area contributed by atoms with Gasteiger partial charge in [-0.1, -0.05) is 0 Å². The molecule has 1 aliphatic rings. The minimum absolute atomic E-state index is 0.252. The molecule has 9 nitrogen and oxygen atoms in total. The fourth-order valence-corrected chi connectivity index (χ4v) is 2.85. The number of likely N-dealkylation sites (tertiary alicyclic amines) is 1. The van der Waals surface area contributed by atoms with Gasteiger partial charge in [0, 0.05) is 39.8 Å². The Balaban J connectivity index is 2.31. The van der Waals surface area contributed by atoms with Crippen LogP contribution in [0.1, 0.15) is 54.4 Å². The van der Waals surface area contributed by atoms with E-state index in [9.17, 15) is 9.59 Å². The highest BCUT2D eigenvalue weighted by molar-refractivity contribution is 5.79. The molecule has 0 spiro atoms. The van der Waals surface area contributed by atoms with E-state index in [0.717, 1.165) is 19.4 Å². The summed E-state index contributed by atoms with van der Waals surface area (Å²) in [6, 6.07) is 0. The zero-order valence-electron chi connectivity index (χ0n) is 19.1. The van der Waals surface area contributed by atoms with E-state index >= 15 is 0 Å². The molecule has 1 heterocycles. The standard InChI is InChI=1S/C20H39N5O4/c1-19(2,3)28-17(26)23-11-10-22-16(21-7)24-13-15-9-8-12-25(14-15)18(27)29-20(4,5)6/h15H,8-14H2,1-7H3,(H,23,26)(H2,21,22,24). The van der Waals surface area contributed by atoms with Crippen molar-refractivity contribution in [3.05, 3.63) is 0 Å². The molecule has 0 aromatic rings. The van der Waals surface area contributed by atoms with Crippen molar-refractivity contribution in [2.45, 2.75) is 65.6 Å². The Morgan fingerprint density at radius 2 is 1.62 bits per heavy atom. The van der Waals surface area contributed by atoms with Gasteiger partial charge >= 0.3 is 12.2 Å². The first-order valence-corrected chi connectivity index (χ1v) is 10.3. The van der Waals surface area contributed by atoms with Crippen LogP contribution < -0.4 is 16.0 Å². The van der Waals surface area contributed by atoms with Crippen LogP contribution in [0.25, 0.3) is 0 Å². The molecule has 1 atom stereocenters. The third-order valence-electron chi connectivity index (χ3n) is 4.04. The van der Waals surface area contributed by atoms with Crippen molar-refractivity contribution < 1.29 is 19.1 Å². The van der Waals surface area contributed by atoms with Crippen LogP contribution in [0.15, 0.2) is 4.99 Å². The van der Waals surface area contributed by atoms with Gasteiger partial charge in [-0.05, 0) is 60.3 Å². The number of alkyl carbamates (subject to hydrolysis) is 1. The molecule has 0 aromatic heterocycles. The Kier molecular flexibility index (Phi) is 9.52. The second kappa shape index (κ2) is 11.1. The Morgan fingerprint density at radius 3 is 2.21 bits per heavy atom. The van der Waals surface area contributed by atoms with Crippen LogP contribution in [-0.2, 0) is 9.47 Å². The first-order valence-electron chi connectivity index (χ1n) is 10.3. The maximum atomic E-state index is 12.3. The van der Waals surface area contributed by atoms with Crippen molar-refractivity contribution in [1.82, 2.24) is 20.9 Å². The lowest BCUT2D eigenvalue weighted by atomic mass is 9.98. The molecule has 1 aliphatic heterocycles. The van der Waals surface area contributed by atoms with E-state index in [1.54, 1.807) is 11.9 Å². The van der Waals surface area contributed by atoms with Gasteiger partial charge in [0.2, 0.25) is 0 Å². The van der Waals surface area contributed by atoms with Crippen LogP contribution in [-0.4, -0.2) is 74.0 Å². The number of hydrogen-bond acceptors (Lipinski definition) is 5. The molecule has 1 fully saturated rings. The highest BCUT2D eigenvalue weighted by atomic mass is 16.6. The number of rotatable bonds is 5. The number of nitrogens with one attached hydrogen (secondary N) is 3. The molecular weight excluding hydrogens is 374 g/mol. The van der Waals surface area contributed by atoms with E-state index in [1.807, 2.05) is 41.5 Å². The molecule has 168 valence electrons. The fourth-order valence-electron chi connectivity index (χ4n) is 2.85. The number of guanidine groups is 1. The lowest BCUT2D eigenvalue weighted by Crippen LogP contribution is -2.48. The summed E-state index contributed by atoms with van der Waals surface area (Å²) in [5, 5.41) is 9.14. The highest BCUT2D eigenvalue weighted by Gasteiger charge is 2.27. The Bertz CT molecular complexity index is 566. The van der Waals surface area contributed by atoms with Crippen LogP contribution in [0.2, 0.25) is 0 Å². The molecule has 0 radical (unpaired) electrons. The molecule has 1 saturated heterocycles. The number of hydrogen-bond donors (Lipinski definition) is 3. The van der Waals surface area contributed by atoms with E-state index in [0.29, 0.717) is 38.1 Å². The van der Waals surface area contributed by atoms with Gasteiger partial charge in [-0.15, -0.1) is 0 Å². The van der Waals surface area contributed by atoms with Crippen LogP contribution in [0.5, 0.6) is 0 Å². The Labute approximate surface area is 175 Å². The zero-order valence-corrected chi connectivity index (χ0v) is 19.1. The summed E-state index contributed by atoms with van der Waals surface area (Å²) < 4.78 is 10.7. The largest absolute Gasteiger partial charge is 0.444 e. The highest BCUT2D eigenvalue weighted by Crippen LogP contribution is 2.18. The molecule has 0 bridgehead atoms. The summed E-state index contributed by atoms with van der Waals surface area (Å²) in [6.07, 6.45) is 1.31. The summed E-state index contributed by atoms with van der Waals surface area (Å²) >= 11 is 0. The van der Waals surface area contributed by atoms with E-state index in [-0.39, 0.29) is 6.09 Å². The molecule has 1 rings (SSSR count). The van der Waals surface area contributed by atoms with E-state index in [2.05, 4.69) is 20.9 Å². The molecular formula is C20H39N5O4. The number of nitrogens with zero attached hydrogens (tertiary/aromatic N) is 2. The molecule has 1 unspecified atom stereocenters. The van der Waals surface area contributed by atoms with Crippen molar-refractivity contribution in [2.75, 3.05) is 39.8 Å². The van der Waals surface area contributed by atoms with Gasteiger partial charge in [-0.25, -0.2) is 9.59 Å². The maximum absolute atomic E-state index is 12.3. The molecule has 0 saturated carbocycles. The molecule has 2 amide bonds. The third-order valence-corrected chi connectivity index (χ3v) is 4.04. The third kappa shape index (κ3) is 11.4. The Morgan fingerprint density at radius 1 is 1.00 bits per heavy atom. The first kappa shape index (κ1) is 24.8. The number of piperidine rings is 1. The Hall–Kier alpha value is -2.19. The second-order valence-corrected chi connectivity index (χ2v) is 9.24. The number of carbonyl (C=O) groups is 2. The topological polar surface area (TPSA) is 104 Å². The average molecular weight is 414 g/mol. The van der Waals surface area contributed by atoms with Gasteiger partial charge in [0.1, 0.15) is 11.2 Å². The van der Waals surface area contributed by atoms with Crippen LogP contribution in [0, 0.1) is 5.92 Å². The average Bonchev–Trinajstić information content (AvgIpc) is 2.58. The molecule has 3 N–H and O–H groups in total. The number of aliphatic imine (C=N–C) groups is 1. The van der Waals surface area contributed by atoms with Gasteiger partial charge < -0.3 is 30.3 Å². The number of ether oxygens (including phenoxy) is 2. The smallest absolute Gasteiger partial charge is 0.410 e. The van der Waals surface area contributed by atoms with Crippen molar-refractivity contribution in [1.29, 1.82) is 0 Å². The normalized spacial score (nSPS) is 18.1. The minimum Gasteiger partial charge on any atom is -0.444 e. The zero-order chi connectivity index (χ0) is 22.1. The van der Waals surface area contributed by atoms with Crippen LogP contribution in [0.4, 0.5) is 9.59 Å². The second-order valence-electron chi connectivity index (χ2n) is 9.24. The fraction of sp³-hybridized carbons (Fsp3) is 0.850. The van der Waals surface area contributed by atoms with Crippen molar-refractivity contribution in [2.24, 2.45) is 10.9 Å². The summed E-state index contributed by atoms with van der Waals surface area (Å²) in [5.74, 6) is 0.986. The van der Waals surface area contributed by atoms with Crippen molar-refractivity contribution in [3.63, 3.8) is 0 Å². The number of amides is 2. The number of carbonyl (C=O) groups excluding carboxylic acids is 2. The molecule has 0 aliphatic carbocycles.